The molecule has 0 aliphatic rings. The Morgan fingerprint density at radius 3 is 2.60 bits per heavy atom. The second-order valence-corrected chi connectivity index (χ2v) is 6.17. The predicted molar refractivity (Wildman–Crippen MR) is 84.4 cm³/mol. The molecule has 5 heteroatoms. The number of benzene rings is 2. The second kappa shape index (κ2) is 5.41. The molecule has 3 aromatic rings. The predicted octanol–water partition coefficient (Wildman–Crippen LogP) is 5.58. The van der Waals surface area contributed by atoms with Crippen LogP contribution in [-0.2, 0) is 0 Å². The summed E-state index contributed by atoms with van der Waals surface area (Å²) in [4.78, 5) is 0. The van der Waals surface area contributed by atoms with E-state index in [1.165, 1.54) is 0 Å². The molecular formula is C15H9BrCl2O2. The molecule has 3 rings (SSSR count). The van der Waals surface area contributed by atoms with E-state index in [0.29, 0.717) is 27.0 Å². The molecule has 0 amide bonds. The first-order chi connectivity index (χ1) is 9.54. The van der Waals surface area contributed by atoms with Crippen LogP contribution in [0.4, 0.5) is 0 Å². The average Bonchev–Trinajstić information content (AvgIpc) is 2.82. The highest BCUT2D eigenvalue weighted by atomic mass is 79.9. The van der Waals surface area contributed by atoms with Gasteiger partial charge in [0.1, 0.15) is 11.9 Å². The molecule has 1 atom stereocenters. The van der Waals surface area contributed by atoms with Crippen molar-refractivity contribution < 1.29 is 9.52 Å². The van der Waals surface area contributed by atoms with Crippen molar-refractivity contribution in [3.63, 3.8) is 0 Å². The Morgan fingerprint density at radius 1 is 1.10 bits per heavy atom. The number of fused-ring (bicyclic) bond motifs is 1. The molecule has 0 spiro atoms. The number of halogens is 3. The summed E-state index contributed by atoms with van der Waals surface area (Å²) < 4.78 is 6.45. The van der Waals surface area contributed by atoms with E-state index in [9.17, 15) is 5.11 Å². The number of rotatable bonds is 2. The van der Waals surface area contributed by atoms with E-state index in [2.05, 4.69) is 15.9 Å². The van der Waals surface area contributed by atoms with Crippen LogP contribution in [0.1, 0.15) is 17.4 Å². The molecule has 0 aliphatic heterocycles. The van der Waals surface area contributed by atoms with Crippen molar-refractivity contribution in [1.29, 1.82) is 0 Å². The minimum atomic E-state index is -0.895. The zero-order valence-electron chi connectivity index (χ0n) is 10.1. The lowest BCUT2D eigenvalue weighted by Gasteiger charge is -2.09. The summed E-state index contributed by atoms with van der Waals surface area (Å²) in [5.74, 6) is 0.433. The minimum absolute atomic E-state index is 0.433. The van der Waals surface area contributed by atoms with Crippen molar-refractivity contribution in [3.8, 4) is 0 Å². The van der Waals surface area contributed by atoms with Crippen molar-refractivity contribution in [2.45, 2.75) is 6.10 Å². The molecule has 0 radical (unpaired) electrons. The first-order valence-corrected chi connectivity index (χ1v) is 7.41. The standard InChI is InChI=1S/C15H9BrCl2O2/c16-10-4-9(5-11(17)7-10)14(19)13-6-8-2-1-3-12(18)15(8)20-13/h1-7,14,19H. The first-order valence-electron chi connectivity index (χ1n) is 5.86. The molecule has 1 N–H and O–H groups in total. The molecule has 0 bridgehead atoms. The zero-order valence-corrected chi connectivity index (χ0v) is 13.2. The van der Waals surface area contributed by atoms with Crippen LogP contribution in [0.3, 0.4) is 0 Å². The molecule has 0 aliphatic carbocycles. The summed E-state index contributed by atoms with van der Waals surface area (Å²) in [6.07, 6.45) is -0.895. The van der Waals surface area contributed by atoms with Crippen molar-refractivity contribution in [1.82, 2.24) is 0 Å². The van der Waals surface area contributed by atoms with Gasteiger partial charge >= 0.3 is 0 Å². The number of para-hydroxylation sites is 1. The lowest BCUT2D eigenvalue weighted by molar-refractivity contribution is 0.192. The average molecular weight is 372 g/mol. The topological polar surface area (TPSA) is 33.4 Å². The van der Waals surface area contributed by atoms with E-state index in [1.807, 2.05) is 12.1 Å². The Labute approximate surface area is 134 Å². The van der Waals surface area contributed by atoms with Gasteiger partial charge in [-0.15, -0.1) is 0 Å². The maximum absolute atomic E-state index is 10.4. The minimum Gasteiger partial charge on any atom is -0.456 e. The van der Waals surface area contributed by atoms with Crippen LogP contribution in [0.5, 0.6) is 0 Å². The highest BCUT2D eigenvalue weighted by Crippen LogP contribution is 2.33. The SMILES string of the molecule is OC(c1cc(Cl)cc(Br)c1)c1cc2cccc(Cl)c2o1. The number of hydrogen-bond donors (Lipinski definition) is 1. The maximum atomic E-state index is 10.4. The van der Waals surface area contributed by atoms with E-state index in [-0.39, 0.29) is 0 Å². The summed E-state index contributed by atoms with van der Waals surface area (Å²) in [6.45, 7) is 0. The highest BCUT2D eigenvalue weighted by Gasteiger charge is 2.17. The third kappa shape index (κ3) is 2.59. The fourth-order valence-corrected chi connectivity index (χ4v) is 3.19. The third-order valence-corrected chi connectivity index (χ3v) is 3.96. The van der Waals surface area contributed by atoms with Crippen LogP contribution in [0.15, 0.2) is 51.4 Å². The van der Waals surface area contributed by atoms with Gasteiger partial charge in [0, 0.05) is 14.9 Å². The Balaban J connectivity index is 2.07. The summed E-state index contributed by atoms with van der Waals surface area (Å²) in [5.41, 5.74) is 1.23. The van der Waals surface area contributed by atoms with Crippen molar-refractivity contribution in [3.05, 3.63) is 68.3 Å². The van der Waals surface area contributed by atoms with Crippen LogP contribution in [0.2, 0.25) is 10.0 Å². The summed E-state index contributed by atoms with van der Waals surface area (Å²) in [5, 5.41) is 12.3. The molecule has 20 heavy (non-hydrogen) atoms. The number of aliphatic hydroxyl groups excluding tert-OH is 1. The van der Waals surface area contributed by atoms with Crippen molar-refractivity contribution in [2.75, 3.05) is 0 Å². The lowest BCUT2D eigenvalue weighted by Crippen LogP contribution is -1.97. The van der Waals surface area contributed by atoms with Gasteiger partial charge in [0.25, 0.3) is 0 Å². The van der Waals surface area contributed by atoms with Gasteiger partial charge in [0.15, 0.2) is 5.58 Å². The van der Waals surface area contributed by atoms with Gasteiger partial charge < -0.3 is 9.52 Å². The Hall–Kier alpha value is -1.00. The van der Waals surface area contributed by atoms with Gasteiger partial charge in [-0.1, -0.05) is 51.3 Å². The van der Waals surface area contributed by atoms with Gasteiger partial charge in [-0.05, 0) is 35.9 Å². The fraction of sp³-hybridized carbons (Fsp3) is 0.0667. The van der Waals surface area contributed by atoms with Gasteiger partial charge in [-0.3, -0.25) is 0 Å². The molecule has 0 fully saturated rings. The molecular weight excluding hydrogens is 363 g/mol. The number of furan rings is 1. The Bertz CT molecular complexity index is 762. The van der Waals surface area contributed by atoms with E-state index in [1.54, 1.807) is 30.3 Å². The maximum Gasteiger partial charge on any atom is 0.153 e. The molecule has 2 nitrogen and oxygen atoms in total. The van der Waals surface area contributed by atoms with E-state index in [0.717, 1.165) is 9.86 Å². The molecule has 1 unspecified atom stereocenters. The van der Waals surface area contributed by atoms with Crippen LogP contribution >= 0.6 is 39.1 Å². The quantitative estimate of drug-likeness (QED) is 0.637. The van der Waals surface area contributed by atoms with E-state index >= 15 is 0 Å². The Kier molecular flexibility index (Phi) is 3.78. The number of hydrogen-bond acceptors (Lipinski definition) is 2. The highest BCUT2D eigenvalue weighted by molar-refractivity contribution is 9.10. The molecule has 0 saturated carbocycles. The van der Waals surface area contributed by atoms with Crippen LogP contribution in [0.25, 0.3) is 11.0 Å². The second-order valence-electron chi connectivity index (χ2n) is 4.41. The molecule has 102 valence electrons. The van der Waals surface area contributed by atoms with Gasteiger partial charge in [-0.25, -0.2) is 0 Å². The van der Waals surface area contributed by atoms with Crippen LogP contribution in [0, 0.1) is 0 Å². The fourth-order valence-electron chi connectivity index (χ4n) is 2.08. The van der Waals surface area contributed by atoms with Gasteiger partial charge in [0.05, 0.1) is 5.02 Å². The summed E-state index contributed by atoms with van der Waals surface area (Å²) >= 11 is 15.4. The van der Waals surface area contributed by atoms with Crippen molar-refractivity contribution >= 4 is 50.1 Å². The van der Waals surface area contributed by atoms with Crippen molar-refractivity contribution in [2.24, 2.45) is 0 Å². The molecule has 2 aromatic carbocycles. The number of aliphatic hydroxyl groups is 1. The van der Waals surface area contributed by atoms with E-state index < -0.39 is 6.10 Å². The smallest absolute Gasteiger partial charge is 0.153 e. The lowest BCUT2D eigenvalue weighted by atomic mass is 10.1. The largest absolute Gasteiger partial charge is 0.456 e. The molecule has 1 heterocycles. The van der Waals surface area contributed by atoms with Gasteiger partial charge in [-0.2, -0.15) is 0 Å². The van der Waals surface area contributed by atoms with Crippen LogP contribution < -0.4 is 0 Å². The third-order valence-electron chi connectivity index (χ3n) is 2.99. The van der Waals surface area contributed by atoms with Crippen LogP contribution in [-0.4, -0.2) is 5.11 Å². The Morgan fingerprint density at radius 2 is 1.90 bits per heavy atom. The van der Waals surface area contributed by atoms with E-state index in [4.69, 9.17) is 27.6 Å². The summed E-state index contributed by atoms with van der Waals surface area (Å²) in [7, 11) is 0. The normalized spacial score (nSPS) is 12.8. The zero-order chi connectivity index (χ0) is 14.3. The first kappa shape index (κ1) is 14.0. The molecule has 0 saturated heterocycles. The summed E-state index contributed by atoms with van der Waals surface area (Å²) in [6, 6.07) is 12.5. The monoisotopic (exact) mass is 370 g/mol. The molecule has 1 aromatic heterocycles. The van der Waals surface area contributed by atoms with Gasteiger partial charge in [0.2, 0.25) is 0 Å².